The van der Waals surface area contributed by atoms with Gasteiger partial charge in [0, 0.05) is 30.4 Å². The molecule has 0 saturated carbocycles. The van der Waals surface area contributed by atoms with Crippen molar-refractivity contribution < 1.29 is 4.79 Å². The Balaban J connectivity index is 1.88. The highest BCUT2D eigenvalue weighted by Crippen LogP contribution is 2.15. The Bertz CT molecular complexity index is 866. The number of carbonyl (C=O) groups is 1. The van der Waals surface area contributed by atoms with Crippen LogP contribution in [0.25, 0.3) is 0 Å². The average Bonchev–Trinajstić information content (AvgIpc) is 3.10. The molecular formula is C17H18ClN3O3. The van der Waals surface area contributed by atoms with E-state index in [2.05, 4.69) is 0 Å². The van der Waals surface area contributed by atoms with Crippen LogP contribution < -0.4 is 11.2 Å². The van der Waals surface area contributed by atoms with E-state index in [-0.39, 0.29) is 19.0 Å². The number of benzene rings is 1. The second-order valence-electron chi connectivity index (χ2n) is 5.83. The maximum atomic E-state index is 12.6. The minimum absolute atomic E-state index is 0.192. The van der Waals surface area contributed by atoms with E-state index >= 15 is 0 Å². The number of hydrogen-bond donors (Lipinski definition) is 0. The summed E-state index contributed by atoms with van der Waals surface area (Å²) >= 11 is 6.12. The number of hydrogen-bond acceptors (Lipinski definition) is 3. The van der Waals surface area contributed by atoms with E-state index in [0.29, 0.717) is 18.1 Å². The van der Waals surface area contributed by atoms with Gasteiger partial charge in [0.1, 0.15) is 6.54 Å². The summed E-state index contributed by atoms with van der Waals surface area (Å²) in [4.78, 5) is 38.5. The Hall–Kier alpha value is -2.34. The molecule has 1 fully saturated rings. The van der Waals surface area contributed by atoms with Gasteiger partial charge in [-0.15, -0.1) is 0 Å². The third-order valence-electron chi connectivity index (χ3n) is 4.19. The molecule has 0 radical (unpaired) electrons. The lowest BCUT2D eigenvalue weighted by atomic mass is 10.2. The molecule has 1 aliphatic rings. The molecule has 0 aliphatic carbocycles. The van der Waals surface area contributed by atoms with Crippen LogP contribution in [0.3, 0.4) is 0 Å². The third kappa shape index (κ3) is 3.43. The molecule has 3 rings (SSSR count). The van der Waals surface area contributed by atoms with E-state index in [1.807, 2.05) is 18.2 Å². The van der Waals surface area contributed by atoms with Gasteiger partial charge in [-0.25, -0.2) is 4.79 Å². The van der Waals surface area contributed by atoms with Crippen LogP contribution in [0.2, 0.25) is 5.02 Å². The van der Waals surface area contributed by atoms with Crippen LogP contribution in [0.15, 0.2) is 46.1 Å². The van der Waals surface area contributed by atoms with Crippen molar-refractivity contribution in [1.29, 1.82) is 0 Å². The van der Waals surface area contributed by atoms with Crippen molar-refractivity contribution in [3.05, 3.63) is 68.0 Å². The summed E-state index contributed by atoms with van der Waals surface area (Å²) in [5, 5.41) is 0.551. The lowest BCUT2D eigenvalue weighted by Gasteiger charge is -2.16. The van der Waals surface area contributed by atoms with Crippen LogP contribution in [-0.4, -0.2) is 33.0 Å². The van der Waals surface area contributed by atoms with Gasteiger partial charge in [-0.2, -0.15) is 0 Å². The minimum atomic E-state index is -0.505. The SMILES string of the molecule is O=C(Cn1c(=O)ccn(Cc2ccccc2Cl)c1=O)N1CCCC1. The van der Waals surface area contributed by atoms with Crippen LogP contribution >= 0.6 is 11.6 Å². The zero-order chi connectivity index (χ0) is 17.1. The van der Waals surface area contributed by atoms with Crippen molar-refractivity contribution in [1.82, 2.24) is 14.0 Å². The molecule has 0 N–H and O–H groups in total. The first kappa shape index (κ1) is 16.5. The molecule has 0 spiro atoms. The molecule has 1 amide bonds. The van der Waals surface area contributed by atoms with Gasteiger partial charge < -0.3 is 4.90 Å². The normalized spacial score (nSPS) is 14.1. The molecule has 2 aromatic rings. The fourth-order valence-corrected chi connectivity index (χ4v) is 3.03. The predicted octanol–water partition coefficient (Wildman–Crippen LogP) is 1.33. The van der Waals surface area contributed by atoms with Crippen molar-refractivity contribution in [3.8, 4) is 0 Å². The van der Waals surface area contributed by atoms with E-state index in [0.717, 1.165) is 23.0 Å². The molecule has 7 heteroatoms. The Labute approximate surface area is 143 Å². The Morgan fingerprint density at radius 2 is 1.79 bits per heavy atom. The molecule has 2 heterocycles. The Kier molecular flexibility index (Phi) is 4.85. The largest absolute Gasteiger partial charge is 0.341 e. The summed E-state index contributed by atoms with van der Waals surface area (Å²) in [7, 11) is 0. The van der Waals surface area contributed by atoms with Gasteiger partial charge in [0.05, 0.1) is 6.54 Å². The summed E-state index contributed by atoms with van der Waals surface area (Å²) in [6.07, 6.45) is 3.36. The smallest absolute Gasteiger partial charge is 0.331 e. The topological polar surface area (TPSA) is 64.3 Å². The van der Waals surface area contributed by atoms with E-state index in [4.69, 9.17) is 11.6 Å². The van der Waals surface area contributed by atoms with Gasteiger partial charge in [-0.3, -0.25) is 18.7 Å². The van der Waals surface area contributed by atoms with Gasteiger partial charge in [0.15, 0.2) is 0 Å². The molecule has 6 nitrogen and oxygen atoms in total. The maximum Gasteiger partial charge on any atom is 0.331 e. The minimum Gasteiger partial charge on any atom is -0.341 e. The first-order valence-electron chi connectivity index (χ1n) is 7.88. The van der Waals surface area contributed by atoms with Gasteiger partial charge in [-0.05, 0) is 24.5 Å². The van der Waals surface area contributed by atoms with Crippen LogP contribution in [0.1, 0.15) is 18.4 Å². The van der Waals surface area contributed by atoms with E-state index < -0.39 is 11.2 Å². The van der Waals surface area contributed by atoms with Crippen molar-refractivity contribution >= 4 is 17.5 Å². The number of carbonyl (C=O) groups excluding carboxylic acids is 1. The summed E-state index contributed by atoms with van der Waals surface area (Å²) in [6.45, 7) is 1.40. The first-order valence-corrected chi connectivity index (χ1v) is 8.25. The number of nitrogens with zero attached hydrogens (tertiary/aromatic N) is 3. The average molecular weight is 348 g/mol. The second kappa shape index (κ2) is 7.05. The Morgan fingerprint density at radius 3 is 2.50 bits per heavy atom. The zero-order valence-corrected chi connectivity index (χ0v) is 13.9. The standard InChI is InChI=1S/C17H18ClN3O3/c18-14-6-2-1-5-13(14)11-20-10-7-15(22)21(17(20)24)12-16(23)19-8-3-4-9-19/h1-2,5-7,10H,3-4,8-9,11-12H2. The second-order valence-corrected chi connectivity index (χ2v) is 6.24. The quantitative estimate of drug-likeness (QED) is 0.838. The zero-order valence-electron chi connectivity index (χ0n) is 13.2. The maximum absolute atomic E-state index is 12.6. The molecule has 0 bridgehead atoms. The number of aromatic nitrogens is 2. The van der Waals surface area contributed by atoms with Crippen molar-refractivity contribution in [3.63, 3.8) is 0 Å². The molecule has 1 saturated heterocycles. The van der Waals surface area contributed by atoms with Crippen molar-refractivity contribution in [2.75, 3.05) is 13.1 Å². The lowest BCUT2D eigenvalue weighted by molar-refractivity contribution is -0.130. The number of likely N-dealkylation sites (tertiary alicyclic amines) is 1. The fraction of sp³-hybridized carbons (Fsp3) is 0.353. The van der Waals surface area contributed by atoms with Crippen LogP contribution in [0.4, 0.5) is 0 Å². The number of rotatable bonds is 4. The molecule has 0 unspecified atom stereocenters. The van der Waals surface area contributed by atoms with Crippen LogP contribution in [0.5, 0.6) is 0 Å². The molecule has 1 aromatic carbocycles. The molecule has 126 valence electrons. The Morgan fingerprint density at radius 1 is 1.08 bits per heavy atom. The van der Waals surface area contributed by atoms with E-state index in [1.54, 1.807) is 11.0 Å². The summed E-state index contributed by atoms with van der Waals surface area (Å²) in [5.74, 6) is -0.192. The predicted molar refractivity (Wildman–Crippen MR) is 91.3 cm³/mol. The molecular weight excluding hydrogens is 330 g/mol. The highest BCUT2D eigenvalue weighted by Gasteiger charge is 2.19. The van der Waals surface area contributed by atoms with Gasteiger partial charge >= 0.3 is 5.69 Å². The van der Waals surface area contributed by atoms with E-state index in [9.17, 15) is 14.4 Å². The highest BCUT2D eigenvalue weighted by molar-refractivity contribution is 6.31. The summed E-state index contributed by atoms with van der Waals surface area (Å²) in [5.41, 5.74) is -0.199. The van der Waals surface area contributed by atoms with Crippen molar-refractivity contribution in [2.45, 2.75) is 25.9 Å². The molecule has 24 heavy (non-hydrogen) atoms. The van der Waals surface area contributed by atoms with Crippen molar-refractivity contribution in [2.24, 2.45) is 0 Å². The summed E-state index contributed by atoms with van der Waals surface area (Å²) in [6, 6.07) is 8.51. The van der Waals surface area contributed by atoms with Crippen LogP contribution in [-0.2, 0) is 17.9 Å². The van der Waals surface area contributed by atoms with Gasteiger partial charge in [0.2, 0.25) is 5.91 Å². The summed E-state index contributed by atoms with van der Waals surface area (Å²) < 4.78 is 2.37. The molecule has 0 atom stereocenters. The fourth-order valence-electron chi connectivity index (χ4n) is 2.83. The van der Waals surface area contributed by atoms with Gasteiger partial charge in [0.25, 0.3) is 5.56 Å². The molecule has 1 aromatic heterocycles. The van der Waals surface area contributed by atoms with Crippen LogP contribution in [0, 0.1) is 0 Å². The number of amides is 1. The number of halogens is 1. The monoisotopic (exact) mass is 347 g/mol. The third-order valence-corrected chi connectivity index (χ3v) is 4.56. The van der Waals surface area contributed by atoms with E-state index in [1.165, 1.54) is 16.8 Å². The first-order chi connectivity index (χ1) is 11.6. The molecule has 1 aliphatic heterocycles. The highest BCUT2D eigenvalue weighted by atomic mass is 35.5. The lowest BCUT2D eigenvalue weighted by Crippen LogP contribution is -2.43. The van der Waals surface area contributed by atoms with Gasteiger partial charge in [-0.1, -0.05) is 29.8 Å².